The molecule has 1 N–H and O–H groups in total. The molecule has 1 heterocycles. The number of fused-ring (bicyclic) bond motifs is 2. The molecule has 0 amide bonds. The summed E-state index contributed by atoms with van der Waals surface area (Å²) >= 11 is 1.78. The fourth-order valence-corrected chi connectivity index (χ4v) is 5.24. The molecule has 94 valence electrons. The monoisotopic (exact) mass is 250 g/mol. The second kappa shape index (κ2) is 3.36. The third-order valence-corrected chi connectivity index (χ3v) is 6.71. The standard InChI is InChI=1S/C15H22OS/c1-13(2)11-6-7-14(3,9-11)15(13,16)10-12-5-4-8-17-12/h4-5,8,11,16H,6-7,9-10H2,1-3H3. The van der Waals surface area contributed by atoms with Crippen molar-refractivity contribution in [2.24, 2.45) is 16.7 Å². The molecule has 3 unspecified atom stereocenters. The van der Waals surface area contributed by atoms with Crippen molar-refractivity contribution in [1.29, 1.82) is 0 Å². The summed E-state index contributed by atoms with van der Waals surface area (Å²) < 4.78 is 0. The molecule has 0 saturated heterocycles. The van der Waals surface area contributed by atoms with Crippen LogP contribution >= 0.6 is 11.3 Å². The molecule has 1 aromatic heterocycles. The van der Waals surface area contributed by atoms with Crippen molar-refractivity contribution in [2.75, 3.05) is 0 Å². The highest BCUT2D eigenvalue weighted by Gasteiger charge is 2.68. The third kappa shape index (κ3) is 1.34. The van der Waals surface area contributed by atoms with Crippen LogP contribution in [0, 0.1) is 16.7 Å². The van der Waals surface area contributed by atoms with Gasteiger partial charge in [0.05, 0.1) is 5.60 Å². The topological polar surface area (TPSA) is 20.2 Å². The van der Waals surface area contributed by atoms with Crippen LogP contribution in [-0.2, 0) is 6.42 Å². The summed E-state index contributed by atoms with van der Waals surface area (Å²) in [6.45, 7) is 6.85. The molecule has 0 aromatic carbocycles. The summed E-state index contributed by atoms with van der Waals surface area (Å²) in [7, 11) is 0. The lowest BCUT2D eigenvalue weighted by atomic mass is 9.59. The van der Waals surface area contributed by atoms with Crippen LogP contribution in [0.5, 0.6) is 0 Å². The molecule has 2 heteroatoms. The summed E-state index contributed by atoms with van der Waals surface area (Å²) in [6, 6.07) is 4.25. The van der Waals surface area contributed by atoms with Gasteiger partial charge in [-0.25, -0.2) is 0 Å². The molecule has 1 nitrogen and oxygen atoms in total. The Hall–Kier alpha value is -0.340. The molecule has 17 heavy (non-hydrogen) atoms. The van der Waals surface area contributed by atoms with E-state index in [9.17, 15) is 5.11 Å². The Labute approximate surface area is 108 Å². The summed E-state index contributed by atoms with van der Waals surface area (Å²) in [5.74, 6) is 0.706. The maximum absolute atomic E-state index is 11.3. The molecule has 0 spiro atoms. The Bertz CT molecular complexity index is 415. The molecule has 2 fully saturated rings. The molecule has 2 saturated carbocycles. The minimum absolute atomic E-state index is 0.0595. The van der Waals surface area contributed by atoms with Gasteiger partial charge in [0.2, 0.25) is 0 Å². The van der Waals surface area contributed by atoms with Crippen LogP contribution in [0.4, 0.5) is 0 Å². The predicted octanol–water partition coefficient (Wildman–Crippen LogP) is 3.87. The zero-order valence-corrected chi connectivity index (χ0v) is 11.8. The Morgan fingerprint density at radius 3 is 2.71 bits per heavy atom. The molecule has 0 aliphatic heterocycles. The SMILES string of the molecule is CC12CCC(C1)C(C)(C)C2(O)Cc1cccs1. The van der Waals surface area contributed by atoms with Crippen molar-refractivity contribution < 1.29 is 5.11 Å². The lowest BCUT2D eigenvalue weighted by Crippen LogP contribution is -2.55. The van der Waals surface area contributed by atoms with Crippen molar-refractivity contribution in [3.8, 4) is 0 Å². The van der Waals surface area contributed by atoms with E-state index in [0.717, 1.165) is 6.42 Å². The molecular weight excluding hydrogens is 228 g/mol. The Morgan fingerprint density at radius 2 is 2.18 bits per heavy atom. The van der Waals surface area contributed by atoms with Crippen molar-refractivity contribution in [1.82, 2.24) is 0 Å². The second-order valence-electron chi connectivity index (χ2n) is 6.84. The predicted molar refractivity (Wildman–Crippen MR) is 72.2 cm³/mol. The molecule has 2 aliphatic carbocycles. The van der Waals surface area contributed by atoms with Crippen LogP contribution in [0.1, 0.15) is 44.9 Å². The van der Waals surface area contributed by atoms with E-state index in [1.54, 1.807) is 11.3 Å². The number of hydrogen-bond donors (Lipinski definition) is 1. The summed E-state index contributed by atoms with van der Waals surface area (Å²) in [5, 5.41) is 13.5. The van der Waals surface area contributed by atoms with Crippen molar-refractivity contribution in [3.63, 3.8) is 0 Å². The lowest BCUT2D eigenvalue weighted by Gasteiger charge is -2.50. The lowest BCUT2D eigenvalue weighted by molar-refractivity contribution is -0.141. The first kappa shape index (κ1) is 11.7. The van der Waals surface area contributed by atoms with Crippen LogP contribution < -0.4 is 0 Å². The highest BCUT2D eigenvalue weighted by Crippen LogP contribution is 2.68. The van der Waals surface area contributed by atoms with Crippen LogP contribution in [0.15, 0.2) is 17.5 Å². The Kier molecular flexibility index (Phi) is 2.32. The maximum Gasteiger partial charge on any atom is 0.0802 e. The second-order valence-corrected chi connectivity index (χ2v) is 7.87. The van der Waals surface area contributed by atoms with Gasteiger partial charge in [-0.05, 0) is 47.5 Å². The molecule has 2 bridgehead atoms. The number of hydrogen-bond acceptors (Lipinski definition) is 2. The van der Waals surface area contributed by atoms with Gasteiger partial charge in [0, 0.05) is 11.3 Å². The van der Waals surface area contributed by atoms with E-state index in [1.807, 2.05) is 0 Å². The van der Waals surface area contributed by atoms with Gasteiger partial charge >= 0.3 is 0 Å². The zero-order chi connectivity index (χ0) is 12.3. The average molecular weight is 250 g/mol. The highest BCUT2D eigenvalue weighted by molar-refractivity contribution is 7.09. The smallest absolute Gasteiger partial charge is 0.0802 e. The van der Waals surface area contributed by atoms with Crippen LogP contribution in [0.25, 0.3) is 0 Å². The van der Waals surface area contributed by atoms with Gasteiger partial charge in [0.25, 0.3) is 0 Å². The van der Waals surface area contributed by atoms with Gasteiger partial charge in [-0.15, -0.1) is 11.3 Å². The van der Waals surface area contributed by atoms with Gasteiger partial charge in [-0.1, -0.05) is 26.8 Å². The Morgan fingerprint density at radius 1 is 1.41 bits per heavy atom. The fourth-order valence-electron chi connectivity index (χ4n) is 4.45. The molecule has 2 aliphatic rings. The van der Waals surface area contributed by atoms with Crippen molar-refractivity contribution in [2.45, 2.75) is 52.1 Å². The molecular formula is C15H22OS. The molecule has 1 aromatic rings. The van der Waals surface area contributed by atoms with Gasteiger partial charge in [-0.2, -0.15) is 0 Å². The molecule has 3 atom stereocenters. The fraction of sp³-hybridized carbons (Fsp3) is 0.733. The van der Waals surface area contributed by atoms with Gasteiger partial charge in [0.15, 0.2) is 0 Å². The van der Waals surface area contributed by atoms with Gasteiger partial charge in [-0.3, -0.25) is 0 Å². The first-order valence-electron chi connectivity index (χ1n) is 6.64. The number of aliphatic hydroxyl groups is 1. The molecule has 0 radical (unpaired) electrons. The number of rotatable bonds is 2. The van der Waals surface area contributed by atoms with Crippen molar-refractivity contribution in [3.05, 3.63) is 22.4 Å². The van der Waals surface area contributed by atoms with Crippen molar-refractivity contribution >= 4 is 11.3 Å². The minimum Gasteiger partial charge on any atom is -0.388 e. The maximum atomic E-state index is 11.3. The van der Waals surface area contributed by atoms with Gasteiger partial charge < -0.3 is 5.11 Å². The normalized spacial score (nSPS) is 43.2. The van der Waals surface area contributed by atoms with Crippen LogP contribution in [0.3, 0.4) is 0 Å². The largest absolute Gasteiger partial charge is 0.388 e. The third-order valence-electron chi connectivity index (χ3n) is 5.84. The van der Waals surface area contributed by atoms with E-state index in [2.05, 4.69) is 38.3 Å². The van der Waals surface area contributed by atoms with E-state index >= 15 is 0 Å². The summed E-state index contributed by atoms with van der Waals surface area (Å²) in [6.07, 6.45) is 4.55. The number of thiophene rings is 1. The highest BCUT2D eigenvalue weighted by atomic mass is 32.1. The Balaban J connectivity index is 1.99. The van der Waals surface area contributed by atoms with E-state index in [-0.39, 0.29) is 10.8 Å². The van der Waals surface area contributed by atoms with Gasteiger partial charge in [0.1, 0.15) is 0 Å². The first-order chi connectivity index (χ1) is 7.89. The quantitative estimate of drug-likeness (QED) is 0.845. The first-order valence-corrected chi connectivity index (χ1v) is 7.52. The van der Waals surface area contributed by atoms with E-state index in [4.69, 9.17) is 0 Å². The van der Waals surface area contributed by atoms with E-state index < -0.39 is 5.60 Å². The summed E-state index contributed by atoms with van der Waals surface area (Å²) in [5.41, 5.74) is -0.330. The zero-order valence-electron chi connectivity index (χ0n) is 11.0. The van der Waals surface area contributed by atoms with E-state index in [0.29, 0.717) is 5.92 Å². The molecule has 3 rings (SSSR count). The summed E-state index contributed by atoms with van der Waals surface area (Å²) in [4.78, 5) is 1.33. The van der Waals surface area contributed by atoms with Crippen LogP contribution in [0.2, 0.25) is 0 Å². The van der Waals surface area contributed by atoms with E-state index in [1.165, 1.54) is 24.1 Å². The minimum atomic E-state index is -0.520. The average Bonchev–Trinajstić information content (AvgIpc) is 2.89. The van der Waals surface area contributed by atoms with Crippen LogP contribution in [-0.4, -0.2) is 10.7 Å².